The highest BCUT2D eigenvalue weighted by atomic mass is 79.9. The van der Waals surface area contributed by atoms with Crippen LogP contribution < -0.4 is 5.32 Å². The van der Waals surface area contributed by atoms with Gasteiger partial charge in [-0.05, 0) is 22.0 Å². The Kier molecular flexibility index (Phi) is 4.59. The molecule has 1 aromatic heterocycles. The van der Waals surface area contributed by atoms with E-state index in [0.29, 0.717) is 21.8 Å². The van der Waals surface area contributed by atoms with Gasteiger partial charge in [0.25, 0.3) is 0 Å². The Balaban J connectivity index is 2.39. The second kappa shape index (κ2) is 5.86. The smallest absolute Gasteiger partial charge is 0.246 e. The quantitative estimate of drug-likeness (QED) is 0.847. The molecule has 1 saturated heterocycles. The minimum atomic E-state index is -3.61. The largest absolute Gasteiger partial charge is 0.372 e. The lowest BCUT2D eigenvalue weighted by atomic mass is 10.4. The number of nitrogens with zero attached hydrogens (tertiary/aromatic N) is 2. The summed E-state index contributed by atoms with van der Waals surface area (Å²) >= 11 is 3.23. The maximum absolute atomic E-state index is 12.6. The molecule has 106 valence electrons. The molecule has 0 saturated carbocycles. The van der Waals surface area contributed by atoms with Crippen LogP contribution in [0.25, 0.3) is 0 Å². The molecule has 6 nitrogen and oxygen atoms in total. The Bertz CT molecular complexity index is 596. The fraction of sp³-hybridized carbons (Fsp3) is 0.500. The lowest BCUT2D eigenvalue weighted by molar-refractivity contribution is 0.439. The summed E-state index contributed by atoms with van der Waals surface area (Å²) in [6.45, 7) is 0.565. The Hall–Kier alpha value is -0.510. The maximum Gasteiger partial charge on any atom is 0.246 e. The van der Waals surface area contributed by atoms with Crippen molar-refractivity contribution in [1.29, 1.82) is 0 Å². The van der Waals surface area contributed by atoms with Crippen LogP contribution in [0.3, 0.4) is 0 Å². The van der Waals surface area contributed by atoms with E-state index in [4.69, 9.17) is 0 Å². The Labute approximate surface area is 123 Å². The maximum atomic E-state index is 12.6. The Morgan fingerprint density at radius 1 is 1.42 bits per heavy atom. The van der Waals surface area contributed by atoms with E-state index < -0.39 is 20.8 Å². The average Bonchev–Trinajstić information content (AvgIpc) is 2.39. The van der Waals surface area contributed by atoms with E-state index in [2.05, 4.69) is 26.2 Å². The van der Waals surface area contributed by atoms with Crippen LogP contribution in [-0.2, 0) is 20.8 Å². The topological polar surface area (TPSA) is 79.4 Å². The summed E-state index contributed by atoms with van der Waals surface area (Å²) in [5.74, 6) is 1.08. The van der Waals surface area contributed by atoms with Gasteiger partial charge in [0.15, 0.2) is 0 Å². The van der Waals surface area contributed by atoms with E-state index in [1.165, 1.54) is 16.6 Å². The van der Waals surface area contributed by atoms with Crippen molar-refractivity contribution in [2.24, 2.45) is 0 Å². The summed E-state index contributed by atoms with van der Waals surface area (Å²) in [5.41, 5.74) is 0. The van der Waals surface area contributed by atoms with Crippen molar-refractivity contribution >= 4 is 42.6 Å². The standard InChI is InChI=1S/C10H14BrN3O3S2/c1-12-10-9(6-8(11)7-13-10)19(16,17)14-2-4-18(15)5-3-14/h6-7H,2-5H2,1H3,(H,12,13). The van der Waals surface area contributed by atoms with Crippen LogP contribution >= 0.6 is 15.9 Å². The number of halogens is 1. The third kappa shape index (κ3) is 3.15. The summed E-state index contributed by atoms with van der Waals surface area (Å²) < 4.78 is 38.4. The van der Waals surface area contributed by atoms with Gasteiger partial charge in [-0.2, -0.15) is 4.31 Å². The molecule has 0 aromatic carbocycles. The fourth-order valence-electron chi connectivity index (χ4n) is 1.81. The Morgan fingerprint density at radius 3 is 2.63 bits per heavy atom. The second-order valence-electron chi connectivity index (χ2n) is 4.00. The molecule has 0 amide bonds. The zero-order valence-electron chi connectivity index (χ0n) is 10.3. The molecule has 2 rings (SSSR count). The van der Waals surface area contributed by atoms with Gasteiger partial charge in [-0.3, -0.25) is 4.21 Å². The van der Waals surface area contributed by atoms with Crippen LogP contribution in [-0.4, -0.2) is 53.6 Å². The van der Waals surface area contributed by atoms with Gasteiger partial charge in [0.05, 0.1) is 0 Å². The zero-order chi connectivity index (χ0) is 14.0. The van der Waals surface area contributed by atoms with Crippen LogP contribution in [0.4, 0.5) is 5.82 Å². The minimum absolute atomic E-state index is 0.136. The molecule has 0 atom stereocenters. The highest BCUT2D eigenvalue weighted by molar-refractivity contribution is 9.10. The SMILES string of the molecule is CNc1ncc(Br)cc1S(=O)(=O)N1CCS(=O)CC1. The van der Waals surface area contributed by atoms with Crippen molar-refractivity contribution in [1.82, 2.24) is 9.29 Å². The van der Waals surface area contributed by atoms with Crippen molar-refractivity contribution < 1.29 is 12.6 Å². The first-order valence-corrected chi connectivity index (χ1v) is 9.35. The Morgan fingerprint density at radius 2 is 2.05 bits per heavy atom. The highest BCUT2D eigenvalue weighted by Gasteiger charge is 2.30. The average molecular weight is 368 g/mol. The summed E-state index contributed by atoms with van der Waals surface area (Å²) in [5, 5.41) is 2.78. The predicted octanol–water partition coefficient (Wildman–Crippen LogP) is 0.639. The van der Waals surface area contributed by atoms with Crippen LogP contribution in [0.5, 0.6) is 0 Å². The number of nitrogens with one attached hydrogen (secondary N) is 1. The normalized spacial score (nSPS) is 18.4. The van der Waals surface area contributed by atoms with E-state index in [1.54, 1.807) is 7.05 Å². The van der Waals surface area contributed by atoms with Gasteiger partial charge in [-0.1, -0.05) is 0 Å². The number of pyridine rings is 1. The van der Waals surface area contributed by atoms with E-state index in [-0.39, 0.29) is 18.0 Å². The van der Waals surface area contributed by atoms with Crippen LogP contribution in [0.15, 0.2) is 21.6 Å². The lowest BCUT2D eigenvalue weighted by Crippen LogP contribution is -2.41. The minimum Gasteiger partial charge on any atom is -0.372 e. The number of hydrogen-bond donors (Lipinski definition) is 1. The fourth-order valence-corrected chi connectivity index (χ4v) is 5.19. The zero-order valence-corrected chi connectivity index (χ0v) is 13.5. The number of hydrogen-bond acceptors (Lipinski definition) is 5. The first-order valence-electron chi connectivity index (χ1n) is 5.63. The van der Waals surface area contributed by atoms with Gasteiger partial charge in [0.1, 0.15) is 10.7 Å². The first kappa shape index (κ1) is 14.9. The highest BCUT2D eigenvalue weighted by Crippen LogP contribution is 2.26. The van der Waals surface area contributed by atoms with Gasteiger partial charge in [0.2, 0.25) is 10.0 Å². The van der Waals surface area contributed by atoms with Crippen molar-refractivity contribution in [2.45, 2.75) is 4.90 Å². The monoisotopic (exact) mass is 367 g/mol. The molecule has 0 unspecified atom stereocenters. The van der Waals surface area contributed by atoms with Gasteiger partial charge in [-0.15, -0.1) is 0 Å². The van der Waals surface area contributed by atoms with Gasteiger partial charge < -0.3 is 5.32 Å². The molecule has 0 aliphatic carbocycles. The van der Waals surface area contributed by atoms with Crippen molar-refractivity contribution in [3.8, 4) is 0 Å². The van der Waals surface area contributed by atoms with Crippen LogP contribution in [0.2, 0.25) is 0 Å². The predicted molar refractivity (Wildman–Crippen MR) is 78.1 cm³/mol. The number of rotatable bonds is 3. The molecule has 0 spiro atoms. The molecule has 0 bridgehead atoms. The molecule has 1 fully saturated rings. The molecule has 1 N–H and O–H groups in total. The van der Waals surface area contributed by atoms with E-state index in [9.17, 15) is 12.6 Å². The molecule has 1 aliphatic heterocycles. The van der Waals surface area contributed by atoms with E-state index in [0.717, 1.165) is 0 Å². The third-order valence-corrected chi connectivity index (χ3v) is 6.43. The van der Waals surface area contributed by atoms with E-state index >= 15 is 0 Å². The second-order valence-corrected chi connectivity index (χ2v) is 8.52. The number of anilines is 1. The molecular weight excluding hydrogens is 354 g/mol. The van der Waals surface area contributed by atoms with Gasteiger partial charge in [-0.25, -0.2) is 13.4 Å². The van der Waals surface area contributed by atoms with Crippen molar-refractivity contribution in [3.05, 3.63) is 16.7 Å². The summed E-state index contributed by atoms with van der Waals surface area (Å²) in [4.78, 5) is 4.19. The summed E-state index contributed by atoms with van der Waals surface area (Å²) in [6, 6.07) is 1.53. The number of aromatic nitrogens is 1. The third-order valence-electron chi connectivity index (χ3n) is 2.81. The number of sulfonamides is 1. The van der Waals surface area contributed by atoms with Crippen LogP contribution in [0.1, 0.15) is 0 Å². The summed E-state index contributed by atoms with van der Waals surface area (Å²) in [6.07, 6.45) is 1.54. The summed E-state index contributed by atoms with van der Waals surface area (Å²) in [7, 11) is -2.89. The van der Waals surface area contributed by atoms with Gasteiger partial charge in [0, 0.05) is 53.1 Å². The molecule has 1 aromatic rings. The molecular formula is C10H14BrN3O3S2. The molecule has 0 radical (unpaired) electrons. The van der Waals surface area contributed by atoms with Crippen molar-refractivity contribution in [3.63, 3.8) is 0 Å². The lowest BCUT2D eigenvalue weighted by Gasteiger charge is -2.26. The molecule has 2 heterocycles. The molecule has 9 heteroatoms. The van der Waals surface area contributed by atoms with Crippen LogP contribution in [0, 0.1) is 0 Å². The first-order chi connectivity index (χ1) is 8.95. The van der Waals surface area contributed by atoms with E-state index in [1.807, 2.05) is 0 Å². The van der Waals surface area contributed by atoms with Gasteiger partial charge >= 0.3 is 0 Å². The van der Waals surface area contributed by atoms with Crippen molar-refractivity contribution in [2.75, 3.05) is 37.0 Å². The molecule has 19 heavy (non-hydrogen) atoms. The molecule has 1 aliphatic rings.